The number of hydrogen-bond donors (Lipinski definition) is 2. The van der Waals surface area contributed by atoms with Gasteiger partial charge in [-0.1, -0.05) is 24.3 Å². The second-order valence-electron chi connectivity index (χ2n) is 4.00. The van der Waals surface area contributed by atoms with Crippen LogP contribution < -0.4 is 10.6 Å². The third kappa shape index (κ3) is 2.34. The standard InChI is InChI=1S/C12H18N2/c1-10-4-2-3-5-11(10)8-14-12-6-7-13-9-12/h2-5,12-14H,6-9H2,1H3/t12-/m1/s1. The summed E-state index contributed by atoms with van der Waals surface area (Å²) in [7, 11) is 0. The normalized spacial score (nSPS) is 21.4. The van der Waals surface area contributed by atoms with Crippen LogP contribution >= 0.6 is 0 Å². The Morgan fingerprint density at radius 1 is 1.43 bits per heavy atom. The van der Waals surface area contributed by atoms with Crippen LogP contribution in [0.4, 0.5) is 0 Å². The van der Waals surface area contributed by atoms with E-state index in [1.807, 2.05) is 0 Å². The third-order valence-electron chi connectivity index (χ3n) is 2.90. The molecule has 0 bridgehead atoms. The van der Waals surface area contributed by atoms with E-state index in [-0.39, 0.29) is 0 Å². The molecular weight excluding hydrogens is 172 g/mol. The van der Waals surface area contributed by atoms with Gasteiger partial charge in [0.1, 0.15) is 0 Å². The van der Waals surface area contributed by atoms with Gasteiger partial charge in [-0.2, -0.15) is 0 Å². The van der Waals surface area contributed by atoms with Gasteiger partial charge < -0.3 is 10.6 Å². The first-order chi connectivity index (χ1) is 6.86. The molecule has 2 nitrogen and oxygen atoms in total. The monoisotopic (exact) mass is 190 g/mol. The molecule has 1 aromatic carbocycles. The molecule has 1 aromatic rings. The summed E-state index contributed by atoms with van der Waals surface area (Å²) in [6.45, 7) is 5.44. The summed E-state index contributed by atoms with van der Waals surface area (Å²) in [4.78, 5) is 0. The van der Waals surface area contributed by atoms with E-state index in [2.05, 4.69) is 41.8 Å². The first kappa shape index (κ1) is 9.69. The summed E-state index contributed by atoms with van der Waals surface area (Å²) in [5.41, 5.74) is 2.80. The minimum Gasteiger partial charge on any atom is -0.315 e. The largest absolute Gasteiger partial charge is 0.315 e. The van der Waals surface area contributed by atoms with Gasteiger partial charge in [0.25, 0.3) is 0 Å². The molecule has 1 aliphatic rings. The molecule has 1 saturated heterocycles. The van der Waals surface area contributed by atoms with Crippen LogP contribution in [0.2, 0.25) is 0 Å². The summed E-state index contributed by atoms with van der Waals surface area (Å²) in [5, 5.41) is 6.94. The molecule has 0 unspecified atom stereocenters. The van der Waals surface area contributed by atoms with Crippen molar-refractivity contribution in [2.45, 2.75) is 25.9 Å². The maximum Gasteiger partial charge on any atom is 0.0211 e. The quantitative estimate of drug-likeness (QED) is 0.754. The van der Waals surface area contributed by atoms with Gasteiger partial charge in [-0.3, -0.25) is 0 Å². The highest BCUT2D eigenvalue weighted by atomic mass is 15.0. The van der Waals surface area contributed by atoms with E-state index in [1.54, 1.807) is 0 Å². The van der Waals surface area contributed by atoms with E-state index in [1.165, 1.54) is 17.5 Å². The van der Waals surface area contributed by atoms with Gasteiger partial charge in [0.2, 0.25) is 0 Å². The maximum atomic E-state index is 3.58. The second-order valence-corrected chi connectivity index (χ2v) is 4.00. The van der Waals surface area contributed by atoms with Crippen molar-refractivity contribution in [2.75, 3.05) is 13.1 Å². The lowest BCUT2D eigenvalue weighted by molar-refractivity contribution is 0.546. The number of benzene rings is 1. The molecule has 1 atom stereocenters. The van der Waals surface area contributed by atoms with Crippen molar-refractivity contribution in [3.63, 3.8) is 0 Å². The zero-order valence-corrected chi connectivity index (χ0v) is 8.72. The second kappa shape index (κ2) is 4.58. The van der Waals surface area contributed by atoms with Gasteiger partial charge in [0.15, 0.2) is 0 Å². The Labute approximate surface area is 85.7 Å². The van der Waals surface area contributed by atoms with Crippen LogP contribution in [0, 0.1) is 6.92 Å². The van der Waals surface area contributed by atoms with Crippen molar-refractivity contribution in [2.24, 2.45) is 0 Å². The van der Waals surface area contributed by atoms with E-state index >= 15 is 0 Å². The zero-order chi connectivity index (χ0) is 9.80. The van der Waals surface area contributed by atoms with Crippen LogP contribution in [0.15, 0.2) is 24.3 Å². The summed E-state index contributed by atoms with van der Waals surface area (Å²) in [6, 6.07) is 9.23. The average molecular weight is 190 g/mol. The lowest BCUT2D eigenvalue weighted by atomic mass is 10.1. The molecule has 0 spiro atoms. The van der Waals surface area contributed by atoms with Crippen molar-refractivity contribution in [3.05, 3.63) is 35.4 Å². The predicted octanol–water partition coefficient (Wildman–Crippen LogP) is 1.45. The number of nitrogens with one attached hydrogen (secondary N) is 2. The van der Waals surface area contributed by atoms with E-state index in [0.717, 1.165) is 19.6 Å². The summed E-state index contributed by atoms with van der Waals surface area (Å²) in [6.07, 6.45) is 1.26. The van der Waals surface area contributed by atoms with E-state index in [4.69, 9.17) is 0 Å². The van der Waals surface area contributed by atoms with Gasteiger partial charge in [-0.05, 0) is 31.0 Å². The fourth-order valence-corrected chi connectivity index (χ4v) is 1.89. The first-order valence-corrected chi connectivity index (χ1v) is 5.35. The Bertz CT molecular complexity index is 290. The number of aryl methyl sites for hydroxylation is 1. The molecule has 0 aliphatic carbocycles. The molecule has 14 heavy (non-hydrogen) atoms. The van der Waals surface area contributed by atoms with Gasteiger partial charge in [0.05, 0.1) is 0 Å². The molecule has 0 radical (unpaired) electrons. The highest BCUT2D eigenvalue weighted by molar-refractivity contribution is 5.25. The molecular formula is C12H18N2. The van der Waals surface area contributed by atoms with Crippen molar-refractivity contribution in [3.8, 4) is 0 Å². The van der Waals surface area contributed by atoms with E-state index in [0.29, 0.717) is 6.04 Å². The van der Waals surface area contributed by atoms with Crippen molar-refractivity contribution in [1.29, 1.82) is 0 Å². The van der Waals surface area contributed by atoms with Crippen molar-refractivity contribution in [1.82, 2.24) is 10.6 Å². The first-order valence-electron chi connectivity index (χ1n) is 5.35. The molecule has 2 rings (SSSR count). The highest BCUT2D eigenvalue weighted by Gasteiger charge is 2.13. The third-order valence-corrected chi connectivity index (χ3v) is 2.90. The highest BCUT2D eigenvalue weighted by Crippen LogP contribution is 2.07. The molecule has 0 aromatic heterocycles. The van der Waals surface area contributed by atoms with Crippen LogP contribution in [-0.2, 0) is 6.54 Å². The average Bonchev–Trinajstić information content (AvgIpc) is 2.69. The Balaban J connectivity index is 1.88. The van der Waals surface area contributed by atoms with Gasteiger partial charge in [0, 0.05) is 19.1 Å². The van der Waals surface area contributed by atoms with E-state index < -0.39 is 0 Å². The van der Waals surface area contributed by atoms with Crippen LogP contribution in [0.3, 0.4) is 0 Å². The van der Waals surface area contributed by atoms with Gasteiger partial charge >= 0.3 is 0 Å². The Morgan fingerprint density at radius 3 is 3.00 bits per heavy atom. The summed E-state index contributed by atoms with van der Waals surface area (Å²) >= 11 is 0. The topological polar surface area (TPSA) is 24.1 Å². The number of rotatable bonds is 3. The van der Waals surface area contributed by atoms with Crippen LogP contribution in [-0.4, -0.2) is 19.1 Å². The summed E-state index contributed by atoms with van der Waals surface area (Å²) in [5.74, 6) is 0. The predicted molar refractivity (Wildman–Crippen MR) is 59.3 cm³/mol. The minimum absolute atomic E-state index is 0.662. The number of hydrogen-bond acceptors (Lipinski definition) is 2. The lowest BCUT2D eigenvalue weighted by Gasteiger charge is -2.12. The molecule has 2 heteroatoms. The molecule has 1 fully saturated rings. The van der Waals surface area contributed by atoms with Crippen LogP contribution in [0.5, 0.6) is 0 Å². The Hall–Kier alpha value is -0.860. The molecule has 1 aliphatic heterocycles. The summed E-state index contributed by atoms with van der Waals surface area (Å²) < 4.78 is 0. The van der Waals surface area contributed by atoms with E-state index in [9.17, 15) is 0 Å². The SMILES string of the molecule is Cc1ccccc1CN[C@@H]1CCNC1. The Morgan fingerprint density at radius 2 is 2.29 bits per heavy atom. The molecule has 76 valence electrons. The zero-order valence-electron chi connectivity index (χ0n) is 8.72. The molecule has 0 amide bonds. The van der Waals surface area contributed by atoms with Crippen LogP contribution in [0.25, 0.3) is 0 Å². The smallest absolute Gasteiger partial charge is 0.0211 e. The molecule has 1 heterocycles. The van der Waals surface area contributed by atoms with Crippen molar-refractivity contribution < 1.29 is 0 Å². The van der Waals surface area contributed by atoms with Crippen LogP contribution in [0.1, 0.15) is 17.5 Å². The minimum atomic E-state index is 0.662. The molecule has 0 saturated carbocycles. The molecule has 2 N–H and O–H groups in total. The lowest BCUT2D eigenvalue weighted by Crippen LogP contribution is -2.30. The fourth-order valence-electron chi connectivity index (χ4n) is 1.89. The fraction of sp³-hybridized carbons (Fsp3) is 0.500. The van der Waals surface area contributed by atoms with Crippen molar-refractivity contribution >= 4 is 0 Å². The van der Waals surface area contributed by atoms with Gasteiger partial charge in [-0.25, -0.2) is 0 Å². The Kier molecular flexibility index (Phi) is 3.17. The maximum absolute atomic E-state index is 3.58. The van der Waals surface area contributed by atoms with Gasteiger partial charge in [-0.15, -0.1) is 0 Å².